The monoisotopic (exact) mass is 1190 g/mol. The van der Waals surface area contributed by atoms with Crippen LogP contribution in [0.2, 0.25) is 0 Å². The average molecular weight is 1190 g/mol. The first kappa shape index (κ1) is 50.0. The van der Waals surface area contributed by atoms with Gasteiger partial charge in [0.05, 0.1) is 96.1 Å². The molecule has 0 bridgehead atoms. The third-order valence-corrected chi connectivity index (χ3v) is 21.0. The van der Waals surface area contributed by atoms with Crippen molar-refractivity contribution >= 4 is 116 Å². The molecule has 0 saturated heterocycles. The molecule has 9 heteroatoms. The molecule has 0 radical (unpaired) electrons. The fraction of sp³-hybridized carbons (Fsp3) is 0.0120. The summed E-state index contributed by atoms with van der Waals surface area (Å²) in [4.78, 5) is 16.3. The van der Waals surface area contributed by atoms with E-state index in [1.54, 1.807) is 0 Å². The van der Waals surface area contributed by atoms with Gasteiger partial charge in [-0.25, -0.2) is 0 Å². The predicted molar refractivity (Wildman–Crippen MR) is 376 cm³/mol. The second-order valence-electron chi connectivity index (χ2n) is 24.4. The van der Waals surface area contributed by atoms with E-state index in [0.29, 0.717) is 0 Å². The lowest BCUT2D eigenvalue weighted by Gasteiger charge is -2.39. The fourth-order valence-electron chi connectivity index (χ4n) is 16.1. The van der Waals surface area contributed by atoms with E-state index in [-0.39, 0.29) is 0 Å². The average Bonchev–Trinajstić information content (AvgIpc) is 1.48. The Balaban J connectivity index is 0.874. The molecular formula is C83H49N7OS. The Morgan fingerprint density at radius 2 is 0.587 bits per heavy atom. The van der Waals surface area contributed by atoms with Gasteiger partial charge in [0.15, 0.2) is 0 Å². The van der Waals surface area contributed by atoms with Crippen LogP contribution >= 0.6 is 11.8 Å². The van der Waals surface area contributed by atoms with Gasteiger partial charge in [-0.2, -0.15) is 0 Å². The van der Waals surface area contributed by atoms with Gasteiger partial charge in [0, 0.05) is 92.2 Å². The van der Waals surface area contributed by atoms with E-state index in [9.17, 15) is 0 Å². The van der Waals surface area contributed by atoms with E-state index < -0.39 is 5.41 Å². The summed E-state index contributed by atoms with van der Waals surface area (Å²) in [6.45, 7) is 0. The number of para-hydroxylation sites is 9. The van der Waals surface area contributed by atoms with E-state index in [1.807, 2.05) is 11.8 Å². The number of rotatable bonds is 5. The molecule has 18 aromatic rings. The number of anilines is 3. The normalized spacial score (nSPS) is 13.5. The zero-order chi connectivity index (χ0) is 59.9. The van der Waals surface area contributed by atoms with Crippen LogP contribution in [0.15, 0.2) is 307 Å². The van der Waals surface area contributed by atoms with Crippen LogP contribution in [-0.4, -0.2) is 28.2 Å². The summed E-state index contributed by atoms with van der Waals surface area (Å²) in [5.74, 6) is 1.53. The van der Waals surface area contributed by atoms with Gasteiger partial charge in [-0.3, -0.25) is 9.97 Å². The minimum Gasteiger partial charge on any atom is -0.457 e. The molecule has 2 aliphatic heterocycles. The third-order valence-electron chi connectivity index (χ3n) is 19.9. The second kappa shape index (κ2) is 18.6. The number of hydrogen-bond donors (Lipinski definition) is 0. The number of pyridine rings is 2. The Hall–Kier alpha value is -11.9. The third kappa shape index (κ3) is 6.65. The summed E-state index contributed by atoms with van der Waals surface area (Å²) < 4.78 is 17.2. The van der Waals surface area contributed by atoms with Crippen molar-refractivity contribution in [1.82, 2.24) is 28.2 Å². The van der Waals surface area contributed by atoms with Crippen molar-refractivity contribution < 1.29 is 4.74 Å². The Bertz CT molecular complexity index is 5890. The van der Waals surface area contributed by atoms with Crippen molar-refractivity contribution in [3.63, 3.8) is 0 Å². The molecule has 0 amide bonds. The van der Waals surface area contributed by atoms with Crippen LogP contribution in [0.3, 0.4) is 0 Å². The van der Waals surface area contributed by atoms with Crippen LogP contribution in [0.4, 0.5) is 17.1 Å². The minimum absolute atomic E-state index is 0.762. The van der Waals surface area contributed by atoms with Crippen molar-refractivity contribution in [3.05, 3.63) is 320 Å². The molecule has 12 aromatic carbocycles. The lowest BCUT2D eigenvalue weighted by molar-refractivity contribution is 0.436. The molecular weight excluding hydrogens is 1140 g/mol. The maximum Gasteiger partial charge on any atom is 0.132 e. The molecule has 21 rings (SSSR count). The van der Waals surface area contributed by atoms with Gasteiger partial charge in [-0.1, -0.05) is 163 Å². The molecule has 6 aromatic heterocycles. The van der Waals surface area contributed by atoms with Gasteiger partial charge in [0.25, 0.3) is 0 Å². The summed E-state index contributed by atoms with van der Waals surface area (Å²) in [6.07, 6.45) is 4.11. The van der Waals surface area contributed by atoms with Crippen molar-refractivity contribution in [3.8, 4) is 45.6 Å². The van der Waals surface area contributed by atoms with Crippen molar-refractivity contribution in [1.29, 1.82) is 0 Å². The van der Waals surface area contributed by atoms with Crippen LogP contribution in [0.1, 0.15) is 22.3 Å². The number of nitrogens with zero attached hydrogens (tertiary/aromatic N) is 7. The molecule has 92 heavy (non-hydrogen) atoms. The van der Waals surface area contributed by atoms with Crippen molar-refractivity contribution in [2.45, 2.75) is 15.2 Å². The van der Waals surface area contributed by atoms with E-state index in [0.717, 1.165) is 123 Å². The molecule has 428 valence electrons. The quantitative estimate of drug-likeness (QED) is 0.172. The van der Waals surface area contributed by atoms with Gasteiger partial charge in [-0.05, 0) is 133 Å². The van der Waals surface area contributed by atoms with E-state index in [2.05, 4.69) is 321 Å². The highest BCUT2D eigenvalue weighted by Crippen LogP contribution is 2.63. The standard InChI is InChI=1S/C83H49N7OS/c1-8-26-67-55(19-1)56-20-2-9-27-68(56)86(67)51-38-41-77-63(44-51)83(64-45-52(39-42-78(64)91-77)87-73-32-14-7-25-61(73)62-43-50(37-40-74(62)87)88-75-33-15-17-35-79(75)92-80-36-18-16-34-76(80)88)65-46-53(89-69-28-10-3-21-57(69)58-22-4-11-29-70(58)89)48-84-81(65)82-66(83)47-54(49-85-82)90-71-30-12-5-23-59(71)60-24-6-13-31-72(60)90/h1-49H. The van der Waals surface area contributed by atoms with E-state index >= 15 is 0 Å². The van der Waals surface area contributed by atoms with Crippen LogP contribution in [0.5, 0.6) is 11.5 Å². The van der Waals surface area contributed by atoms with Crippen LogP contribution in [0.25, 0.3) is 121 Å². The zero-order valence-electron chi connectivity index (χ0n) is 49.2. The summed E-state index contributed by atoms with van der Waals surface area (Å²) in [5, 5.41) is 9.45. The van der Waals surface area contributed by atoms with E-state index in [1.165, 1.54) is 58.9 Å². The zero-order valence-corrected chi connectivity index (χ0v) is 50.1. The van der Waals surface area contributed by atoms with Gasteiger partial charge >= 0.3 is 0 Å². The van der Waals surface area contributed by atoms with Crippen LogP contribution < -0.4 is 9.64 Å². The summed E-state index contributed by atoms with van der Waals surface area (Å²) >= 11 is 1.83. The molecule has 8 nitrogen and oxygen atoms in total. The number of hydrogen-bond acceptors (Lipinski definition) is 5. The van der Waals surface area contributed by atoms with Gasteiger partial charge in [-0.15, -0.1) is 0 Å². The predicted octanol–water partition coefficient (Wildman–Crippen LogP) is 21.3. The first-order valence-electron chi connectivity index (χ1n) is 31.3. The molecule has 0 unspecified atom stereocenters. The molecule has 0 N–H and O–H groups in total. The SMILES string of the molecule is c1ccc2c(c1)Sc1ccccc1N2c1ccc2c(c1)c1ccccc1n2-c1ccc2c(c1)C1(c3cc(-n4c5ccccc5c5ccccc54)ccc3O2)c2cc(-n3c4ccccc4c4ccccc43)cnc2-c2ncc(-n3c4ccccc4c4ccccc43)cc21. The lowest BCUT2D eigenvalue weighted by atomic mass is 9.66. The molecule has 0 fully saturated rings. The molecule has 0 saturated carbocycles. The number of ether oxygens (including phenoxy) is 1. The van der Waals surface area contributed by atoms with Crippen LogP contribution in [-0.2, 0) is 5.41 Å². The second-order valence-corrected chi connectivity index (χ2v) is 25.5. The highest BCUT2D eigenvalue weighted by atomic mass is 32.2. The fourth-order valence-corrected chi connectivity index (χ4v) is 17.2. The van der Waals surface area contributed by atoms with E-state index in [4.69, 9.17) is 14.7 Å². The largest absolute Gasteiger partial charge is 0.457 e. The highest BCUT2D eigenvalue weighted by Gasteiger charge is 2.54. The molecule has 1 aliphatic carbocycles. The molecule has 8 heterocycles. The summed E-state index contributed by atoms with van der Waals surface area (Å²) in [5.41, 5.74) is 20.9. The van der Waals surface area contributed by atoms with Crippen molar-refractivity contribution in [2.75, 3.05) is 4.90 Å². The molecule has 1 spiro atoms. The Morgan fingerprint density at radius 3 is 0.989 bits per heavy atom. The van der Waals surface area contributed by atoms with Crippen molar-refractivity contribution in [2.24, 2.45) is 0 Å². The topological polar surface area (TPSA) is 58.0 Å². The maximum absolute atomic E-state index is 7.49. The Kier molecular flexibility index (Phi) is 10.1. The Morgan fingerprint density at radius 1 is 0.272 bits per heavy atom. The smallest absolute Gasteiger partial charge is 0.132 e. The number of fused-ring (bicyclic) bond motifs is 23. The Labute approximate surface area is 531 Å². The molecule has 3 aliphatic rings. The highest BCUT2D eigenvalue weighted by molar-refractivity contribution is 7.99. The summed E-state index contributed by atoms with van der Waals surface area (Å²) in [6, 6.07) is 104. The minimum atomic E-state index is -1.08. The lowest BCUT2D eigenvalue weighted by Crippen LogP contribution is -2.33. The first-order chi connectivity index (χ1) is 45.6. The van der Waals surface area contributed by atoms with Gasteiger partial charge in [0.1, 0.15) is 11.5 Å². The summed E-state index contributed by atoms with van der Waals surface area (Å²) in [7, 11) is 0. The van der Waals surface area contributed by atoms with Gasteiger partial charge in [0.2, 0.25) is 0 Å². The molecule has 0 atom stereocenters. The van der Waals surface area contributed by atoms with Crippen LogP contribution in [0, 0.1) is 0 Å². The first-order valence-corrected chi connectivity index (χ1v) is 32.1. The maximum atomic E-state index is 7.49. The number of aromatic nitrogens is 6. The number of benzene rings is 12. The van der Waals surface area contributed by atoms with Gasteiger partial charge < -0.3 is 27.9 Å².